The topological polar surface area (TPSA) is 3.24 Å². The minimum absolute atomic E-state index is 0.0851. The molecule has 0 heterocycles. The summed E-state index contributed by atoms with van der Waals surface area (Å²) in [5.41, 5.74) is 3.57. The molecule has 0 aliphatic rings. The minimum Gasteiger partial charge on any atom is -0.310 e. The Morgan fingerprint density at radius 2 is 0.830 bits per heavy atom. The van der Waals surface area contributed by atoms with E-state index in [9.17, 15) is 5.48 Å². The van der Waals surface area contributed by atoms with E-state index >= 15 is 0 Å². The quantitative estimate of drug-likeness (QED) is 0.158. The van der Waals surface area contributed by atoms with Crippen molar-refractivity contribution in [1.29, 1.82) is 0 Å². The Hall–Kier alpha value is -6.96. The Balaban J connectivity index is 1.29. The molecular weight excluding hydrogens is 639 g/mol. The summed E-state index contributed by atoms with van der Waals surface area (Å²) in [6.07, 6.45) is 0. The summed E-state index contributed by atoms with van der Waals surface area (Å²) >= 11 is 0. The van der Waals surface area contributed by atoms with Crippen LogP contribution in [0.5, 0.6) is 0 Å². The van der Waals surface area contributed by atoms with Crippen molar-refractivity contribution in [3.63, 3.8) is 0 Å². The molecule has 0 spiro atoms. The molecule has 0 aliphatic carbocycles. The summed E-state index contributed by atoms with van der Waals surface area (Å²) in [5, 5.41) is 7.61. The highest BCUT2D eigenvalue weighted by Crippen LogP contribution is 2.46. The zero-order valence-electron chi connectivity index (χ0n) is 37.5. The van der Waals surface area contributed by atoms with Crippen molar-refractivity contribution >= 4 is 60.2 Å². The van der Waals surface area contributed by atoms with Gasteiger partial charge in [-0.25, -0.2) is 0 Å². The van der Waals surface area contributed by atoms with Crippen LogP contribution in [0.2, 0.25) is 0 Å². The summed E-state index contributed by atoms with van der Waals surface area (Å²) in [6, 6.07) is 46.5. The molecule has 248 valence electrons. The normalized spacial score (nSPS) is 13.8. The van der Waals surface area contributed by atoms with Crippen LogP contribution in [0.15, 0.2) is 212 Å². The summed E-state index contributed by atoms with van der Waals surface area (Å²) in [7, 11) is 0. The van der Waals surface area contributed by atoms with Crippen LogP contribution in [0.3, 0.4) is 0 Å². The lowest BCUT2D eigenvalue weighted by Gasteiger charge is -2.26. The van der Waals surface area contributed by atoms with Crippen LogP contribution in [0, 0.1) is 0 Å². The number of para-hydroxylation sites is 1. The molecule has 0 N–H and O–H groups in total. The number of nitrogens with zero attached hydrogens (tertiary/aromatic N) is 1. The van der Waals surface area contributed by atoms with E-state index in [1.807, 2.05) is 127 Å². The first-order valence-electron chi connectivity index (χ1n) is 22.0. The smallest absolute Gasteiger partial charge is 0.0645 e. The predicted octanol–water partition coefficient (Wildman–Crippen LogP) is 14.8. The van der Waals surface area contributed by atoms with Gasteiger partial charge >= 0.3 is 0 Å². The number of rotatable bonds is 6. The summed E-state index contributed by atoms with van der Waals surface area (Å²) in [6.45, 7) is 0. The Bertz CT molecular complexity index is 3420. The second kappa shape index (κ2) is 13.0. The molecule has 0 unspecified atom stereocenters. The molecule has 10 aromatic carbocycles. The first-order valence-corrected chi connectivity index (χ1v) is 17.5. The van der Waals surface area contributed by atoms with Gasteiger partial charge in [0, 0.05) is 17.1 Å². The second-order valence-electron chi connectivity index (χ2n) is 13.0. The van der Waals surface area contributed by atoms with Gasteiger partial charge in [-0.3, -0.25) is 0 Å². The van der Waals surface area contributed by atoms with E-state index in [2.05, 4.69) is 18.2 Å². The maximum Gasteiger partial charge on any atom is 0.0645 e. The summed E-state index contributed by atoms with van der Waals surface area (Å²) < 4.78 is 83.4. The lowest BCUT2D eigenvalue weighted by Crippen LogP contribution is -2.09. The van der Waals surface area contributed by atoms with Crippen LogP contribution in [-0.4, -0.2) is 0 Å². The third kappa shape index (κ3) is 5.34. The number of benzene rings is 10. The molecule has 0 aromatic heterocycles. The van der Waals surface area contributed by atoms with Gasteiger partial charge in [0.1, 0.15) is 0 Å². The maximum absolute atomic E-state index is 9.83. The van der Waals surface area contributed by atoms with E-state index in [4.69, 9.17) is 6.85 Å². The van der Waals surface area contributed by atoms with Crippen molar-refractivity contribution in [1.82, 2.24) is 0 Å². The van der Waals surface area contributed by atoms with Gasteiger partial charge in [-0.05, 0) is 119 Å². The van der Waals surface area contributed by atoms with Crippen molar-refractivity contribution in [3.05, 3.63) is 212 Å². The number of fused-ring (bicyclic) bond motifs is 6. The Kier molecular flexibility index (Phi) is 5.58. The molecule has 0 saturated carbocycles. The number of hydrogen-bond donors (Lipinski definition) is 0. The van der Waals surface area contributed by atoms with Crippen molar-refractivity contribution < 1.29 is 12.3 Å². The molecule has 0 radical (unpaired) electrons. The standard InChI is InChI=1S/C52H35N/c1-3-16-36(17-4-1)51-48-28-13-11-25-45(48)46-26-12-14-29-49(46)52(51)37-30-32-41(33-31-37)53(40-20-5-2-6-21-40)42-22-15-19-38(34-42)50-35-39-18-7-8-23-43(39)44-24-9-10-27-47(44)50/h1-35H/i2D,5D,6D,20D,21D,30D,31D,32D,33D. The largest absolute Gasteiger partial charge is 0.310 e. The van der Waals surface area contributed by atoms with Crippen LogP contribution in [0.1, 0.15) is 12.3 Å². The molecule has 0 aliphatic heterocycles. The third-order valence-corrected chi connectivity index (χ3v) is 9.97. The first-order chi connectivity index (χ1) is 30.1. The second-order valence-corrected chi connectivity index (χ2v) is 13.0. The zero-order valence-corrected chi connectivity index (χ0v) is 28.5. The SMILES string of the molecule is [2H]c1c([2H])c([2H])c(N(c2cccc(-c3cc4ccccc4c4ccccc34)c2)c2c([2H])c([2H])c(-c3c(-c4ccccc4)c4ccccc4c4ccccc34)c([2H])c2[2H])c([2H])c1[2H]. The summed E-state index contributed by atoms with van der Waals surface area (Å²) in [5.74, 6) is 0. The average Bonchev–Trinajstić information content (AvgIpc) is 3.31. The molecular formula is C52H35N. The monoisotopic (exact) mass is 682 g/mol. The van der Waals surface area contributed by atoms with Crippen LogP contribution >= 0.6 is 0 Å². The Morgan fingerprint density at radius 1 is 0.321 bits per heavy atom. The van der Waals surface area contributed by atoms with Gasteiger partial charge in [0.15, 0.2) is 0 Å². The minimum atomic E-state index is -0.593. The summed E-state index contributed by atoms with van der Waals surface area (Å²) in [4.78, 5) is 1.30. The molecule has 10 aromatic rings. The van der Waals surface area contributed by atoms with Crippen molar-refractivity contribution in [3.8, 4) is 33.4 Å². The molecule has 0 bridgehead atoms. The van der Waals surface area contributed by atoms with Gasteiger partial charge in [0.2, 0.25) is 0 Å². The van der Waals surface area contributed by atoms with Crippen molar-refractivity contribution in [2.75, 3.05) is 4.90 Å². The molecule has 1 heteroatoms. The lowest BCUT2D eigenvalue weighted by atomic mass is 9.85. The molecule has 0 fully saturated rings. The highest BCUT2D eigenvalue weighted by atomic mass is 15.1. The zero-order chi connectivity index (χ0) is 43.0. The van der Waals surface area contributed by atoms with Gasteiger partial charge in [-0.2, -0.15) is 0 Å². The van der Waals surface area contributed by atoms with Crippen LogP contribution in [0.25, 0.3) is 76.5 Å². The van der Waals surface area contributed by atoms with Gasteiger partial charge < -0.3 is 4.90 Å². The highest BCUT2D eigenvalue weighted by Gasteiger charge is 2.19. The lowest BCUT2D eigenvalue weighted by molar-refractivity contribution is 1.28. The fourth-order valence-electron chi connectivity index (χ4n) is 7.68. The molecule has 53 heavy (non-hydrogen) atoms. The van der Waals surface area contributed by atoms with Crippen LogP contribution in [-0.2, 0) is 0 Å². The van der Waals surface area contributed by atoms with E-state index in [1.165, 1.54) is 4.90 Å². The van der Waals surface area contributed by atoms with Gasteiger partial charge in [0.05, 0.1) is 12.3 Å². The van der Waals surface area contributed by atoms with Gasteiger partial charge in [-0.15, -0.1) is 0 Å². The van der Waals surface area contributed by atoms with E-state index in [-0.39, 0.29) is 34.7 Å². The Morgan fingerprint density at radius 3 is 1.51 bits per heavy atom. The van der Waals surface area contributed by atoms with E-state index in [1.54, 1.807) is 12.1 Å². The fraction of sp³-hybridized carbons (Fsp3) is 0. The number of anilines is 3. The van der Waals surface area contributed by atoms with Crippen LogP contribution < -0.4 is 4.90 Å². The molecule has 0 amide bonds. The number of hydrogen-bond acceptors (Lipinski definition) is 1. The Labute approximate surface area is 322 Å². The fourth-order valence-corrected chi connectivity index (χ4v) is 7.68. The average molecular weight is 683 g/mol. The predicted molar refractivity (Wildman–Crippen MR) is 227 cm³/mol. The van der Waals surface area contributed by atoms with Crippen molar-refractivity contribution in [2.45, 2.75) is 0 Å². The van der Waals surface area contributed by atoms with E-state index in [0.29, 0.717) is 5.56 Å². The van der Waals surface area contributed by atoms with Crippen molar-refractivity contribution in [2.24, 2.45) is 0 Å². The van der Waals surface area contributed by atoms with E-state index in [0.717, 1.165) is 65.3 Å². The molecule has 1 nitrogen and oxygen atoms in total. The van der Waals surface area contributed by atoms with Gasteiger partial charge in [0.25, 0.3) is 0 Å². The molecule has 10 rings (SSSR count). The maximum atomic E-state index is 9.83. The highest BCUT2D eigenvalue weighted by molar-refractivity contribution is 6.21. The molecule has 0 atom stereocenters. The first kappa shape index (κ1) is 22.8. The van der Waals surface area contributed by atoms with E-state index < -0.39 is 42.3 Å². The third-order valence-electron chi connectivity index (χ3n) is 9.97. The van der Waals surface area contributed by atoms with Gasteiger partial charge in [-0.1, -0.05) is 170 Å². The van der Waals surface area contributed by atoms with Crippen LogP contribution in [0.4, 0.5) is 17.1 Å². The molecule has 0 saturated heterocycles.